The smallest absolute Gasteiger partial charge is 0.315 e. The van der Waals surface area contributed by atoms with E-state index in [1.54, 1.807) is 7.11 Å². The maximum absolute atomic E-state index is 11.9. The Balaban J connectivity index is 1.72. The van der Waals surface area contributed by atoms with Gasteiger partial charge in [-0.15, -0.1) is 0 Å². The fraction of sp³-hybridized carbons (Fsp3) is 0.588. The minimum Gasteiger partial charge on any atom is -0.380 e. The topological polar surface area (TPSA) is 50.4 Å². The second-order valence-electron chi connectivity index (χ2n) is 5.77. The summed E-state index contributed by atoms with van der Waals surface area (Å²) >= 11 is 0. The molecule has 2 rings (SSSR count). The SMILES string of the molecule is COCc1ccc(CNC(=O)NC2CCCCCC2)cc1. The number of benzene rings is 1. The molecule has 4 heteroatoms. The molecule has 21 heavy (non-hydrogen) atoms. The van der Waals surface area contributed by atoms with Crippen LogP contribution in [-0.4, -0.2) is 19.2 Å². The number of rotatable bonds is 5. The van der Waals surface area contributed by atoms with E-state index in [0.717, 1.165) is 24.0 Å². The summed E-state index contributed by atoms with van der Waals surface area (Å²) in [7, 11) is 1.69. The van der Waals surface area contributed by atoms with Gasteiger partial charge in [0.15, 0.2) is 0 Å². The molecular formula is C17H26N2O2. The molecule has 1 aromatic rings. The van der Waals surface area contributed by atoms with Crippen molar-refractivity contribution >= 4 is 6.03 Å². The number of methoxy groups -OCH3 is 1. The molecule has 0 atom stereocenters. The molecule has 4 nitrogen and oxygen atoms in total. The quantitative estimate of drug-likeness (QED) is 0.817. The van der Waals surface area contributed by atoms with Crippen LogP contribution in [0.1, 0.15) is 49.7 Å². The van der Waals surface area contributed by atoms with Crippen molar-refractivity contribution in [3.05, 3.63) is 35.4 Å². The lowest BCUT2D eigenvalue weighted by molar-refractivity contribution is 0.185. The van der Waals surface area contributed by atoms with Crippen molar-refractivity contribution in [2.75, 3.05) is 7.11 Å². The monoisotopic (exact) mass is 290 g/mol. The minimum absolute atomic E-state index is 0.0529. The first-order valence-corrected chi connectivity index (χ1v) is 7.89. The summed E-state index contributed by atoms with van der Waals surface area (Å²) in [6.45, 7) is 1.18. The maximum Gasteiger partial charge on any atom is 0.315 e. The Hall–Kier alpha value is -1.55. The third kappa shape index (κ3) is 5.76. The van der Waals surface area contributed by atoms with Crippen LogP contribution in [0.15, 0.2) is 24.3 Å². The molecule has 1 fully saturated rings. The van der Waals surface area contributed by atoms with E-state index in [2.05, 4.69) is 10.6 Å². The molecule has 0 unspecified atom stereocenters. The summed E-state index contributed by atoms with van der Waals surface area (Å²) in [5, 5.41) is 6.03. The molecule has 2 N–H and O–H groups in total. The maximum atomic E-state index is 11.9. The fourth-order valence-electron chi connectivity index (χ4n) is 2.76. The lowest BCUT2D eigenvalue weighted by Crippen LogP contribution is -2.41. The van der Waals surface area contributed by atoms with E-state index in [4.69, 9.17) is 4.74 Å². The number of hydrogen-bond donors (Lipinski definition) is 2. The summed E-state index contributed by atoms with van der Waals surface area (Å²) in [4.78, 5) is 11.9. The van der Waals surface area contributed by atoms with Crippen LogP contribution in [0.5, 0.6) is 0 Å². The van der Waals surface area contributed by atoms with Gasteiger partial charge in [0.1, 0.15) is 0 Å². The van der Waals surface area contributed by atoms with Crippen molar-refractivity contribution in [2.24, 2.45) is 0 Å². The number of hydrogen-bond acceptors (Lipinski definition) is 2. The second-order valence-corrected chi connectivity index (χ2v) is 5.77. The summed E-state index contributed by atoms with van der Waals surface area (Å²) in [6.07, 6.45) is 7.28. The number of amides is 2. The fourth-order valence-corrected chi connectivity index (χ4v) is 2.76. The van der Waals surface area contributed by atoms with Gasteiger partial charge in [-0.3, -0.25) is 0 Å². The van der Waals surface area contributed by atoms with Gasteiger partial charge < -0.3 is 15.4 Å². The van der Waals surface area contributed by atoms with Crippen molar-refractivity contribution in [2.45, 2.75) is 57.7 Å². The van der Waals surface area contributed by atoms with Gasteiger partial charge >= 0.3 is 6.03 Å². The van der Waals surface area contributed by atoms with E-state index in [1.165, 1.54) is 25.7 Å². The van der Waals surface area contributed by atoms with Crippen LogP contribution in [0.4, 0.5) is 4.79 Å². The van der Waals surface area contributed by atoms with Crippen LogP contribution < -0.4 is 10.6 Å². The number of urea groups is 1. The van der Waals surface area contributed by atoms with Crippen LogP contribution in [0.2, 0.25) is 0 Å². The average Bonchev–Trinajstić information content (AvgIpc) is 2.75. The molecule has 116 valence electrons. The zero-order valence-electron chi connectivity index (χ0n) is 12.9. The van der Waals surface area contributed by atoms with E-state index in [9.17, 15) is 4.79 Å². The highest BCUT2D eigenvalue weighted by atomic mass is 16.5. The highest BCUT2D eigenvalue weighted by Crippen LogP contribution is 2.17. The number of nitrogens with one attached hydrogen (secondary N) is 2. The highest BCUT2D eigenvalue weighted by molar-refractivity contribution is 5.74. The van der Waals surface area contributed by atoms with Crippen LogP contribution in [0, 0.1) is 0 Å². The molecule has 1 aromatic carbocycles. The van der Waals surface area contributed by atoms with E-state index in [1.807, 2.05) is 24.3 Å². The Morgan fingerprint density at radius 3 is 2.33 bits per heavy atom. The third-order valence-corrected chi connectivity index (χ3v) is 3.98. The van der Waals surface area contributed by atoms with Crippen LogP contribution in [-0.2, 0) is 17.9 Å². The highest BCUT2D eigenvalue weighted by Gasteiger charge is 2.14. The largest absolute Gasteiger partial charge is 0.380 e. The van der Waals surface area contributed by atoms with Gasteiger partial charge in [0.2, 0.25) is 0 Å². The number of carbonyl (C=O) groups is 1. The molecule has 1 aliphatic carbocycles. The first-order valence-electron chi connectivity index (χ1n) is 7.89. The average molecular weight is 290 g/mol. The molecule has 1 aliphatic rings. The molecule has 0 spiro atoms. The zero-order chi connectivity index (χ0) is 14.9. The van der Waals surface area contributed by atoms with E-state index in [-0.39, 0.29) is 6.03 Å². The lowest BCUT2D eigenvalue weighted by Gasteiger charge is -2.16. The standard InChI is InChI=1S/C17H26N2O2/c1-21-13-15-10-8-14(9-11-15)12-18-17(20)19-16-6-4-2-3-5-7-16/h8-11,16H,2-7,12-13H2,1H3,(H2,18,19,20). The Bertz CT molecular complexity index is 423. The molecule has 2 amide bonds. The predicted octanol–water partition coefficient (Wildman–Crippen LogP) is 3.36. The van der Waals surface area contributed by atoms with Crippen LogP contribution in [0.25, 0.3) is 0 Å². The number of carbonyl (C=O) groups excluding carboxylic acids is 1. The molecular weight excluding hydrogens is 264 g/mol. The first kappa shape index (κ1) is 15.8. The van der Waals surface area contributed by atoms with Gasteiger partial charge in [-0.1, -0.05) is 49.9 Å². The molecule has 0 radical (unpaired) electrons. The van der Waals surface area contributed by atoms with Crippen molar-refractivity contribution in [3.8, 4) is 0 Å². The normalized spacial score (nSPS) is 16.2. The minimum atomic E-state index is -0.0529. The summed E-state index contributed by atoms with van der Waals surface area (Å²) in [5.74, 6) is 0. The molecule has 1 saturated carbocycles. The van der Waals surface area contributed by atoms with Gasteiger partial charge in [0.25, 0.3) is 0 Å². The Kier molecular flexibility index (Phi) is 6.54. The van der Waals surface area contributed by atoms with Gasteiger partial charge in [-0.05, 0) is 24.0 Å². The molecule has 0 heterocycles. The van der Waals surface area contributed by atoms with Crippen LogP contribution in [0.3, 0.4) is 0 Å². The third-order valence-electron chi connectivity index (χ3n) is 3.98. The summed E-state index contributed by atoms with van der Waals surface area (Å²) in [5.41, 5.74) is 2.25. The van der Waals surface area contributed by atoms with Gasteiger partial charge in [-0.2, -0.15) is 0 Å². The molecule has 0 aromatic heterocycles. The molecule has 0 bridgehead atoms. The predicted molar refractivity (Wildman–Crippen MR) is 84.0 cm³/mol. The van der Waals surface area contributed by atoms with Crippen molar-refractivity contribution < 1.29 is 9.53 Å². The Morgan fingerprint density at radius 2 is 1.71 bits per heavy atom. The van der Waals surface area contributed by atoms with Crippen molar-refractivity contribution in [1.82, 2.24) is 10.6 Å². The van der Waals surface area contributed by atoms with Gasteiger partial charge in [0, 0.05) is 19.7 Å². The Morgan fingerprint density at radius 1 is 1.10 bits per heavy atom. The second kappa shape index (κ2) is 8.67. The first-order chi connectivity index (χ1) is 10.3. The van der Waals surface area contributed by atoms with Gasteiger partial charge in [0.05, 0.1) is 6.61 Å². The summed E-state index contributed by atoms with van der Waals surface area (Å²) < 4.78 is 5.08. The lowest BCUT2D eigenvalue weighted by atomic mass is 10.1. The van der Waals surface area contributed by atoms with E-state index < -0.39 is 0 Å². The molecule has 0 saturated heterocycles. The van der Waals surface area contributed by atoms with E-state index >= 15 is 0 Å². The molecule has 0 aliphatic heterocycles. The Labute approximate surface area is 127 Å². The number of ether oxygens (including phenoxy) is 1. The van der Waals surface area contributed by atoms with Crippen molar-refractivity contribution in [3.63, 3.8) is 0 Å². The zero-order valence-corrected chi connectivity index (χ0v) is 12.9. The van der Waals surface area contributed by atoms with E-state index in [0.29, 0.717) is 19.2 Å². The van der Waals surface area contributed by atoms with Gasteiger partial charge in [-0.25, -0.2) is 4.79 Å². The van der Waals surface area contributed by atoms with Crippen LogP contribution >= 0.6 is 0 Å². The summed E-state index contributed by atoms with van der Waals surface area (Å²) in [6, 6.07) is 8.41. The van der Waals surface area contributed by atoms with Crippen molar-refractivity contribution in [1.29, 1.82) is 0 Å².